The third-order valence-electron chi connectivity index (χ3n) is 2.52. The van der Waals surface area contributed by atoms with E-state index >= 15 is 0 Å². The summed E-state index contributed by atoms with van der Waals surface area (Å²) in [7, 11) is -1.11. The number of esters is 1. The fourth-order valence-corrected chi connectivity index (χ4v) is 2.01. The average Bonchev–Trinajstić information content (AvgIpc) is 2.15. The van der Waals surface area contributed by atoms with Gasteiger partial charge < -0.3 is 10.5 Å². The lowest BCUT2D eigenvalue weighted by molar-refractivity contribution is -0.144. The van der Waals surface area contributed by atoms with Crippen molar-refractivity contribution in [2.24, 2.45) is 5.73 Å². The predicted octanol–water partition coefficient (Wildman–Crippen LogP) is 2.78. The summed E-state index contributed by atoms with van der Waals surface area (Å²) in [6.45, 7) is 9.47. The van der Waals surface area contributed by atoms with Crippen LogP contribution in [0.15, 0.2) is 0 Å². The van der Waals surface area contributed by atoms with Crippen molar-refractivity contribution in [3.63, 3.8) is 0 Å². The SMILES string of the molecule is CCCCC[C@H](N)C(=O)OCC[Si](C)(C)C. The van der Waals surface area contributed by atoms with Crippen LogP contribution in [0.3, 0.4) is 0 Å². The third kappa shape index (κ3) is 8.92. The highest BCUT2D eigenvalue weighted by atomic mass is 28.3. The lowest BCUT2D eigenvalue weighted by atomic mass is 10.1. The number of unbranched alkanes of at least 4 members (excludes halogenated alkanes) is 2. The maximum Gasteiger partial charge on any atom is 0.322 e. The van der Waals surface area contributed by atoms with Gasteiger partial charge in [-0.05, 0) is 12.5 Å². The summed E-state index contributed by atoms with van der Waals surface area (Å²) in [5.74, 6) is -0.227. The minimum Gasteiger partial charge on any atom is -0.465 e. The Bertz CT molecular complexity index is 202. The van der Waals surface area contributed by atoms with Gasteiger partial charge in [-0.1, -0.05) is 45.8 Å². The summed E-state index contributed by atoms with van der Waals surface area (Å²) in [4.78, 5) is 11.5. The van der Waals surface area contributed by atoms with Gasteiger partial charge in [0.25, 0.3) is 0 Å². The molecule has 96 valence electrons. The van der Waals surface area contributed by atoms with E-state index in [1.807, 2.05) is 0 Å². The number of carbonyl (C=O) groups is 1. The van der Waals surface area contributed by atoms with Crippen LogP contribution in [-0.4, -0.2) is 26.7 Å². The predicted molar refractivity (Wildman–Crippen MR) is 71.2 cm³/mol. The number of carbonyl (C=O) groups excluding carboxylic acids is 1. The number of hydrogen-bond donors (Lipinski definition) is 1. The molecule has 0 aliphatic rings. The lowest BCUT2D eigenvalue weighted by Gasteiger charge is -2.16. The molecular formula is C12H27NO2Si. The van der Waals surface area contributed by atoms with E-state index in [2.05, 4.69) is 26.6 Å². The normalized spacial score (nSPS) is 13.6. The Morgan fingerprint density at radius 3 is 2.44 bits per heavy atom. The summed E-state index contributed by atoms with van der Waals surface area (Å²) in [6, 6.07) is 0.591. The zero-order valence-corrected chi connectivity index (χ0v) is 12.2. The molecule has 0 aromatic rings. The standard InChI is InChI=1S/C12H27NO2Si/c1-5-6-7-8-11(13)12(14)15-9-10-16(2,3)4/h11H,5-10,13H2,1-4H3/t11-/m0/s1. The van der Waals surface area contributed by atoms with E-state index in [0.29, 0.717) is 6.61 Å². The smallest absolute Gasteiger partial charge is 0.322 e. The molecule has 0 unspecified atom stereocenters. The first kappa shape index (κ1) is 15.6. The average molecular weight is 245 g/mol. The molecule has 0 aromatic heterocycles. The molecule has 16 heavy (non-hydrogen) atoms. The summed E-state index contributed by atoms with van der Waals surface area (Å²) in [5, 5.41) is 0. The highest BCUT2D eigenvalue weighted by Crippen LogP contribution is 2.08. The summed E-state index contributed by atoms with van der Waals surface area (Å²) >= 11 is 0. The first-order valence-electron chi connectivity index (χ1n) is 6.29. The number of nitrogens with two attached hydrogens (primary N) is 1. The van der Waals surface area contributed by atoms with Crippen molar-refractivity contribution in [2.45, 2.75) is 64.3 Å². The van der Waals surface area contributed by atoms with E-state index in [0.717, 1.165) is 31.7 Å². The molecule has 0 saturated heterocycles. The Morgan fingerprint density at radius 1 is 1.31 bits per heavy atom. The fourth-order valence-electron chi connectivity index (χ4n) is 1.30. The maximum atomic E-state index is 11.5. The topological polar surface area (TPSA) is 52.3 Å². The second kappa shape index (κ2) is 7.85. The Kier molecular flexibility index (Phi) is 7.67. The summed E-state index contributed by atoms with van der Waals surface area (Å²) in [6.07, 6.45) is 4.05. The second-order valence-electron chi connectivity index (χ2n) is 5.58. The molecule has 2 N–H and O–H groups in total. The molecule has 0 rings (SSSR count). The van der Waals surface area contributed by atoms with E-state index in [9.17, 15) is 4.79 Å². The molecule has 4 heteroatoms. The van der Waals surface area contributed by atoms with Crippen LogP contribution in [-0.2, 0) is 9.53 Å². The molecule has 0 bridgehead atoms. The molecule has 0 aliphatic carbocycles. The zero-order chi connectivity index (χ0) is 12.6. The quantitative estimate of drug-likeness (QED) is 0.406. The van der Waals surface area contributed by atoms with Crippen LogP contribution < -0.4 is 5.73 Å². The van der Waals surface area contributed by atoms with E-state index < -0.39 is 14.1 Å². The van der Waals surface area contributed by atoms with Gasteiger partial charge in [0.2, 0.25) is 0 Å². The minimum absolute atomic E-state index is 0.227. The van der Waals surface area contributed by atoms with Gasteiger partial charge in [0.15, 0.2) is 0 Å². The Balaban J connectivity index is 3.63. The van der Waals surface area contributed by atoms with Crippen LogP contribution in [0, 0.1) is 0 Å². The highest BCUT2D eigenvalue weighted by molar-refractivity contribution is 6.76. The van der Waals surface area contributed by atoms with Crippen molar-refractivity contribution in [3.8, 4) is 0 Å². The van der Waals surface area contributed by atoms with Crippen molar-refractivity contribution in [1.82, 2.24) is 0 Å². The third-order valence-corrected chi connectivity index (χ3v) is 4.22. The molecule has 3 nitrogen and oxygen atoms in total. The minimum atomic E-state index is -1.11. The molecule has 1 atom stereocenters. The van der Waals surface area contributed by atoms with Gasteiger partial charge >= 0.3 is 5.97 Å². The maximum absolute atomic E-state index is 11.5. The van der Waals surface area contributed by atoms with Crippen LogP contribution in [0.5, 0.6) is 0 Å². The van der Waals surface area contributed by atoms with Crippen molar-refractivity contribution in [2.75, 3.05) is 6.61 Å². The Morgan fingerprint density at radius 2 is 1.94 bits per heavy atom. The van der Waals surface area contributed by atoms with Crippen molar-refractivity contribution < 1.29 is 9.53 Å². The zero-order valence-electron chi connectivity index (χ0n) is 11.2. The molecule has 0 aromatic carbocycles. The van der Waals surface area contributed by atoms with Gasteiger partial charge in [-0.15, -0.1) is 0 Å². The van der Waals surface area contributed by atoms with Crippen LogP contribution in [0.2, 0.25) is 25.7 Å². The van der Waals surface area contributed by atoms with Crippen molar-refractivity contribution in [3.05, 3.63) is 0 Å². The lowest BCUT2D eigenvalue weighted by Crippen LogP contribution is -2.33. The molecule has 0 spiro atoms. The number of hydrogen-bond acceptors (Lipinski definition) is 3. The van der Waals surface area contributed by atoms with Crippen LogP contribution in [0.1, 0.15) is 32.6 Å². The number of ether oxygens (including phenoxy) is 1. The molecule has 0 aliphatic heterocycles. The van der Waals surface area contributed by atoms with Gasteiger partial charge in [-0.2, -0.15) is 0 Å². The van der Waals surface area contributed by atoms with Gasteiger partial charge in [0, 0.05) is 8.07 Å². The van der Waals surface area contributed by atoms with Crippen molar-refractivity contribution in [1.29, 1.82) is 0 Å². The highest BCUT2D eigenvalue weighted by Gasteiger charge is 2.17. The van der Waals surface area contributed by atoms with E-state index in [-0.39, 0.29) is 5.97 Å². The van der Waals surface area contributed by atoms with Gasteiger partial charge in [0.05, 0.1) is 6.61 Å². The van der Waals surface area contributed by atoms with E-state index in [1.54, 1.807) is 0 Å². The van der Waals surface area contributed by atoms with E-state index in [1.165, 1.54) is 0 Å². The van der Waals surface area contributed by atoms with Crippen LogP contribution >= 0.6 is 0 Å². The second-order valence-corrected chi connectivity index (χ2v) is 11.2. The van der Waals surface area contributed by atoms with Crippen molar-refractivity contribution >= 4 is 14.0 Å². The molecule has 0 saturated carbocycles. The first-order valence-corrected chi connectivity index (χ1v) is 9.99. The monoisotopic (exact) mass is 245 g/mol. The molecule has 0 radical (unpaired) electrons. The Hall–Kier alpha value is -0.353. The Labute approximate surface area is 101 Å². The molecule has 0 amide bonds. The molecular weight excluding hydrogens is 218 g/mol. The summed E-state index contributed by atoms with van der Waals surface area (Å²) in [5.41, 5.74) is 5.74. The fraction of sp³-hybridized carbons (Fsp3) is 0.917. The first-order chi connectivity index (χ1) is 7.37. The van der Waals surface area contributed by atoms with Gasteiger partial charge in [-0.3, -0.25) is 4.79 Å². The number of rotatable bonds is 8. The largest absolute Gasteiger partial charge is 0.465 e. The van der Waals surface area contributed by atoms with E-state index in [4.69, 9.17) is 10.5 Å². The van der Waals surface area contributed by atoms with Gasteiger partial charge in [0.1, 0.15) is 6.04 Å². The molecule has 0 heterocycles. The van der Waals surface area contributed by atoms with Gasteiger partial charge in [-0.25, -0.2) is 0 Å². The molecule has 0 fully saturated rings. The van der Waals surface area contributed by atoms with Crippen LogP contribution in [0.4, 0.5) is 0 Å². The van der Waals surface area contributed by atoms with Crippen LogP contribution in [0.25, 0.3) is 0 Å². The summed E-state index contributed by atoms with van der Waals surface area (Å²) < 4.78 is 5.18.